The minimum Gasteiger partial charge on any atom is -0.370 e. The van der Waals surface area contributed by atoms with Gasteiger partial charge >= 0.3 is 6.18 Å². The van der Waals surface area contributed by atoms with Gasteiger partial charge < -0.3 is 5.73 Å². The Morgan fingerprint density at radius 2 is 2.12 bits per heavy atom. The molecule has 7 heteroatoms. The molecule has 0 spiro atoms. The first-order chi connectivity index (χ1) is 7.30. The third-order valence-corrected chi connectivity index (χ3v) is 1.99. The lowest BCUT2D eigenvalue weighted by atomic mass is 10.1. The zero-order valence-electron chi connectivity index (χ0n) is 7.88. The van der Waals surface area contributed by atoms with E-state index in [-0.39, 0.29) is 17.1 Å². The first-order valence-electron chi connectivity index (χ1n) is 4.16. The van der Waals surface area contributed by atoms with E-state index in [1.807, 2.05) is 0 Å². The Labute approximate surface area is 94.4 Å². The van der Waals surface area contributed by atoms with Gasteiger partial charge in [0.2, 0.25) is 5.91 Å². The van der Waals surface area contributed by atoms with E-state index in [2.05, 4.69) is 4.98 Å². The number of nitrogens with zero attached hydrogens (tertiary/aromatic N) is 1. The van der Waals surface area contributed by atoms with Crippen molar-refractivity contribution in [3.8, 4) is 0 Å². The van der Waals surface area contributed by atoms with Gasteiger partial charge in [-0.2, -0.15) is 13.2 Å². The second-order valence-corrected chi connectivity index (χ2v) is 3.31. The molecule has 1 amide bonds. The molecule has 1 radical (unpaired) electrons. The van der Waals surface area contributed by atoms with Gasteiger partial charge in [-0.1, -0.05) is 17.7 Å². The summed E-state index contributed by atoms with van der Waals surface area (Å²) >= 11 is 5.52. The fourth-order valence-corrected chi connectivity index (χ4v) is 1.20. The highest BCUT2D eigenvalue weighted by Gasteiger charge is 2.32. The van der Waals surface area contributed by atoms with E-state index in [0.29, 0.717) is 0 Å². The molecule has 3 nitrogen and oxygen atoms in total. The SMILES string of the molecule is NC(=O)C[CH]c1ccc(C(F)(F)F)nc1Cl. The van der Waals surface area contributed by atoms with Gasteiger partial charge in [0.1, 0.15) is 10.8 Å². The van der Waals surface area contributed by atoms with E-state index in [1.165, 1.54) is 6.42 Å². The number of carbonyl (C=O) groups is 1. The van der Waals surface area contributed by atoms with Gasteiger partial charge in [0, 0.05) is 12.8 Å². The Balaban J connectivity index is 2.88. The van der Waals surface area contributed by atoms with Crippen LogP contribution < -0.4 is 5.73 Å². The zero-order chi connectivity index (χ0) is 12.3. The van der Waals surface area contributed by atoms with E-state index in [4.69, 9.17) is 17.3 Å². The van der Waals surface area contributed by atoms with Crippen LogP contribution in [0.1, 0.15) is 17.7 Å². The molecule has 16 heavy (non-hydrogen) atoms. The summed E-state index contributed by atoms with van der Waals surface area (Å²) < 4.78 is 36.6. The van der Waals surface area contributed by atoms with Gasteiger partial charge in [0.25, 0.3) is 0 Å². The van der Waals surface area contributed by atoms with E-state index >= 15 is 0 Å². The maximum atomic E-state index is 12.2. The molecule has 0 aliphatic carbocycles. The molecular weight excluding hydrogens is 245 g/mol. The van der Waals surface area contributed by atoms with Crippen molar-refractivity contribution in [1.29, 1.82) is 0 Å². The molecule has 1 rings (SSSR count). The standard InChI is InChI=1S/C9H7ClF3N2O/c10-8-5(2-4-7(14)16)1-3-6(15-8)9(11,12)13/h1-3H,4H2,(H2,14,16). The predicted molar refractivity (Wildman–Crippen MR) is 51.5 cm³/mol. The van der Waals surface area contributed by atoms with Crippen LogP contribution in [0, 0.1) is 6.42 Å². The molecule has 0 saturated heterocycles. The summed E-state index contributed by atoms with van der Waals surface area (Å²) in [6, 6.07) is 1.93. The molecule has 0 aromatic carbocycles. The summed E-state index contributed by atoms with van der Waals surface area (Å²) in [5, 5.41) is -0.309. The average Bonchev–Trinajstić information content (AvgIpc) is 2.14. The summed E-state index contributed by atoms with van der Waals surface area (Å²) in [5.74, 6) is -0.601. The quantitative estimate of drug-likeness (QED) is 0.837. The smallest absolute Gasteiger partial charge is 0.370 e. The van der Waals surface area contributed by atoms with Crippen molar-refractivity contribution >= 4 is 17.5 Å². The summed E-state index contributed by atoms with van der Waals surface area (Å²) in [6.45, 7) is 0. The summed E-state index contributed by atoms with van der Waals surface area (Å²) in [4.78, 5) is 13.6. The third-order valence-electron chi connectivity index (χ3n) is 1.69. The number of halogens is 4. The van der Waals surface area contributed by atoms with Crippen LogP contribution in [-0.2, 0) is 11.0 Å². The van der Waals surface area contributed by atoms with Crippen molar-refractivity contribution in [3.05, 3.63) is 35.0 Å². The second kappa shape index (κ2) is 4.69. The third kappa shape index (κ3) is 3.37. The summed E-state index contributed by atoms with van der Waals surface area (Å²) in [5.41, 5.74) is 4.04. The Hall–Kier alpha value is -1.30. The fourth-order valence-electron chi connectivity index (χ4n) is 0.966. The first kappa shape index (κ1) is 12.8. The number of carbonyl (C=O) groups excluding carboxylic acids is 1. The van der Waals surface area contributed by atoms with Gasteiger partial charge in [-0.05, 0) is 11.6 Å². The Bertz CT molecular complexity index is 406. The molecule has 0 aliphatic rings. The van der Waals surface area contributed by atoms with Crippen LogP contribution in [0.2, 0.25) is 5.15 Å². The van der Waals surface area contributed by atoms with Crippen LogP contribution in [0.4, 0.5) is 13.2 Å². The molecule has 0 saturated carbocycles. The molecule has 1 heterocycles. The number of alkyl halides is 3. The Morgan fingerprint density at radius 1 is 1.50 bits per heavy atom. The Morgan fingerprint density at radius 3 is 2.56 bits per heavy atom. The molecular formula is C9H7ClF3N2O. The lowest BCUT2D eigenvalue weighted by Crippen LogP contribution is -2.11. The monoisotopic (exact) mass is 251 g/mol. The van der Waals surface area contributed by atoms with Gasteiger partial charge in [0.05, 0.1) is 0 Å². The lowest BCUT2D eigenvalue weighted by molar-refractivity contribution is -0.141. The number of rotatable bonds is 3. The van der Waals surface area contributed by atoms with E-state index in [0.717, 1.165) is 12.1 Å². The molecule has 0 aliphatic heterocycles. The van der Waals surface area contributed by atoms with Gasteiger partial charge in [-0.15, -0.1) is 0 Å². The number of amides is 1. The van der Waals surface area contributed by atoms with Gasteiger partial charge in [-0.3, -0.25) is 4.79 Å². The van der Waals surface area contributed by atoms with Crippen molar-refractivity contribution in [2.24, 2.45) is 5.73 Å². The highest BCUT2D eigenvalue weighted by Crippen LogP contribution is 2.29. The topological polar surface area (TPSA) is 56.0 Å². The molecule has 0 atom stereocenters. The summed E-state index contributed by atoms with van der Waals surface area (Å²) in [7, 11) is 0. The highest BCUT2D eigenvalue weighted by molar-refractivity contribution is 6.30. The van der Waals surface area contributed by atoms with E-state index < -0.39 is 17.8 Å². The van der Waals surface area contributed by atoms with Crippen molar-refractivity contribution in [3.63, 3.8) is 0 Å². The maximum Gasteiger partial charge on any atom is 0.433 e. The van der Waals surface area contributed by atoms with Gasteiger partial charge in [0.15, 0.2) is 0 Å². The number of hydrogen-bond donors (Lipinski definition) is 1. The van der Waals surface area contributed by atoms with Crippen molar-refractivity contribution in [2.45, 2.75) is 12.6 Å². The molecule has 87 valence electrons. The maximum absolute atomic E-state index is 12.2. The minimum absolute atomic E-state index is 0.104. The molecule has 1 aromatic heterocycles. The fraction of sp³-hybridized carbons (Fsp3) is 0.222. The summed E-state index contributed by atoms with van der Waals surface area (Å²) in [6.07, 6.45) is -3.32. The Kier molecular flexibility index (Phi) is 3.74. The lowest BCUT2D eigenvalue weighted by Gasteiger charge is -2.07. The van der Waals surface area contributed by atoms with Crippen molar-refractivity contribution in [2.75, 3.05) is 0 Å². The molecule has 2 N–H and O–H groups in total. The van der Waals surface area contributed by atoms with E-state index in [9.17, 15) is 18.0 Å². The van der Waals surface area contributed by atoms with Crippen LogP contribution >= 0.6 is 11.6 Å². The zero-order valence-corrected chi connectivity index (χ0v) is 8.64. The van der Waals surface area contributed by atoms with Gasteiger partial charge in [-0.25, -0.2) is 4.98 Å². The van der Waals surface area contributed by atoms with Crippen LogP contribution in [0.15, 0.2) is 12.1 Å². The molecule has 1 aromatic rings. The molecule has 0 fully saturated rings. The number of hydrogen-bond acceptors (Lipinski definition) is 2. The highest BCUT2D eigenvalue weighted by atomic mass is 35.5. The first-order valence-corrected chi connectivity index (χ1v) is 4.54. The number of pyridine rings is 1. The van der Waals surface area contributed by atoms with Crippen LogP contribution in [0.3, 0.4) is 0 Å². The number of nitrogens with two attached hydrogens (primary N) is 1. The van der Waals surface area contributed by atoms with Crippen LogP contribution in [0.5, 0.6) is 0 Å². The minimum atomic E-state index is -4.54. The van der Waals surface area contributed by atoms with Crippen molar-refractivity contribution in [1.82, 2.24) is 4.98 Å². The molecule has 0 bridgehead atoms. The average molecular weight is 252 g/mol. The number of primary amides is 1. The predicted octanol–water partition coefficient (Wildman–Crippen LogP) is 2.18. The largest absolute Gasteiger partial charge is 0.433 e. The van der Waals surface area contributed by atoms with Crippen LogP contribution in [-0.4, -0.2) is 10.9 Å². The molecule has 0 unspecified atom stereocenters. The second-order valence-electron chi connectivity index (χ2n) is 2.95. The number of aromatic nitrogens is 1. The normalized spacial score (nSPS) is 11.5. The van der Waals surface area contributed by atoms with Crippen molar-refractivity contribution < 1.29 is 18.0 Å². The van der Waals surface area contributed by atoms with Crippen LogP contribution in [0.25, 0.3) is 0 Å². The van der Waals surface area contributed by atoms with E-state index in [1.54, 1.807) is 0 Å².